The van der Waals surface area contributed by atoms with Crippen molar-refractivity contribution in [3.05, 3.63) is 16.1 Å². The monoisotopic (exact) mass is 253 g/mol. The molecule has 4 heteroatoms. The van der Waals surface area contributed by atoms with Gasteiger partial charge < -0.3 is 11.1 Å². The molecule has 3 nitrogen and oxygen atoms in total. The van der Waals surface area contributed by atoms with E-state index in [0.29, 0.717) is 5.41 Å². The molecule has 96 valence electrons. The van der Waals surface area contributed by atoms with Crippen LogP contribution in [-0.4, -0.2) is 18.1 Å². The third-order valence-electron chi connectivity index (χ3n) is 3.82. The fraction of sp³-hybridized carbons (Fsp3) is 0.769. The highest BCUT2D eigenvalue weighted by Crippen LogP contribution is 2.36. The number of rotatable bonds is 6. The van der Waals surface area contributed by atoms with Gasteiger partial charge in [0.25, 0.3) is 0 Å². The van der Waals surface area contributed by atoms with Crippen LogP contribution in [0.3, 0.4) is 0 Å². The molecule has 0 aromatic carbocycles. The van der Waals surface area contributed by atoms with Crippen molar-refractivity contribution in [1.29, 1.82) is 0 Å². The fourth-order valence-electron chi connectivity index (χ4n) is 2.61. The average molecular weight is 253 g/mol. The minimum absolute atomic E-state index is 0.366. The van der Waals surface area contributed by atoms with E-state index in [0.717, 1.165) is 26.1 Å². The normalized spacial score (nSPS) is 18.7. The van der Waals surface area contributed by atoms with Gasteiger partial charge in [-0.2, -0.15) is 0 Å². The highest BCUT2D eigenvalue weighted by atomic mass is 32.1. The zero-order chi connectivity index (χ0) is 12.1. The van der Waals surface area contributed by atoms with Gasteiger partial charge in [-0.15, -0.1) is 11.3 Å². The predicted octanol–water partition coefficient (Wildman–Crippen LogP) is 2.31. The average Bonchev–Trinajstić information content (AvgIpc) is 2.98. The Bertz CT molecular complexity index is 342. The molecular formula is C13H23N3S. The number of nitrogens with zero attached hydrogens (tertiary/aromatic N) is 1. The van der Waals surface area contributed by atoms with E-state index in [9.17, 15) is 0 Å². The largest absolute Gasteiger partial charge is 0.330 e. The Morgan fingerprint density at radius 2 is 2.24 bits per heavy atom. The molecule has 1 aromatic heterocycles. The van der Waals surface area contributed by atoms with Gasteiger partial charge >= 0.3 is 0 Å². The summed E-state index contributed by atoms with van der Waals surface area (Å²) in [7, 11) is 0. The molecule has 3 N–H and O–H groups in total. The van der Waals surface area contributed by atoms with Crippen LogP contribution in [0, 0.1) is 5.41 Å². The van der Waals surface area contributed by atoms with Gasteiger partial charge in [0, 0.05) is 24.2 Å². The molecule has 0 amide bonds. The quantitative estimate of drug-likeness (QED) is 0.818. The number of aryl methyl sites for hydroxylation is 1. The van der Waals surface area contributed by atoms with Crippen molar-refractivity contribution in [3.63, 3.8) is 0 Å². The minimum Gasteiger partial charge on any atom is -0.330 e. The van der Waals surface area contributed by atoms with Crippen molar-refractivity contribution < 1.29 is 0 Å². The highest BCUT2D eigenvalue weighted by molar-refractivity contribution is 7.11. The lowest BCUT2D eigenvalue weighted by Gasteiger charge is -2.27. The number of thiazole rings is 1. The Morgan fingerprint density at radius 3 is 2.82 bits per heavy atom. The molecule has 1 aliphatic carbocycles. The molecule has 1 aliphatic rings. The van der Waals surface area contributed by atoms with Gasteiger partial charge in [-0.25, -0.2) is 4.98 Å². The minimum atomic E-state index is 0.366. The first-order valence-electron chi connectivity index (χ1n) is 6.62. The standard InChI is InChI=1S/C13H23N3S/c1-2-11-7-16-12(17-11)8-15-10-13(9-14)5-3-4-6-13/h7,15H,2-6,8-10,14H2,1H3. The molecule has 0 bridgehead atoms. The summed E-state index contributed by atoms with van der Waals surface area (Å²) in [4.78, 5) is 5.80. The SMILES string of the molecule is CCc1cnc(CNCC2(CN)CCCC2)s1. The van der Waals surface area contributed by atoms with E-state index in [-0.39, 0.29) is 0 Å². The number of aromatic nitrogens is 1. The van der Waals surface area contributed by atoms with E-state index in [1.54, 1.807) is 0 Å². The van der Waals surface area contributed by atoms with Gasteiger partial charge in [-0.1, -0.05) is 19.8 Å². The summed E-state index contributed by atoms with van der Waals surface area (Å²) in [5, 5.41) is 4.74. The molecular weight excluding hydrogens is 230 g/mol. The van der Waals surface area contributed by atoms with Crippen molar-refractivity contribution in [2.24, 2.45) is 11.1 Å². The van der Waals surface area contributed by atoms with Crippen molar-refractivity contribution in [3.8, 4) is 0 Å². The van der Waals surface area contributed by atoms with E-state index in [2.05, 4.69) is 17.2 Å². The summed E-state index contributed by atoms with van der Waals surface area (Å²) in [6.45, 7) is 4.93. The van der Waals surface area contributed by atoms with Crippen LogP contribution in [0.5, 0.6) is 0 Å². The fourth-order valence-corrected chi connectivity index (χ4v) is 3.44. The number of nitrogens with one attached hydrogen (secondary N) is 1. The van der Waals surface area contributed by atoms with Crippen molar-refractivity contribution in [2.45, 2.75) is 45.6 Å². The lowest BCUT2D eigenvalue weighted by atomic mass is 9.86. The summed E-state index contributed by atoms with van der Waals surface area (Å²) in [5.41, 5.74) is 6.29. The first-order valence-corrected chi connectivity index (χ1v) is 7.44. The van der Waals surface area contributed by atoms with E-state index < -0.39 is 0 Å². The van der Waals surface area contributed by atoms with Crippen LogP contribution in [0.4, 0.5) is 0 Å². The van der Waals surface area contributed by atoms with E-state index in [1.807, 2.05) is 17.5 Å². The summed E-state index contributed by atoms with van der Waals surface area (Å²) in [6, 6.07) is 0. The van der Waals surface area contributed by atoms with Crippen LogP contribution >= 0.6 is 11.3 Å². The van der Waals surface area contributed by atoms with Gasteiger partial charge in [-0.3, -0.25) is 0 Å². The second kappa shape index (κ2) is 5.94. The summed E-state index contributed by atoms with van der Waals surface area (Å²) in [6.07, 6.45) is 8.34. The number of hydrogen-bond acceptors (Lipinski definition) is 4. The van der Waals surface area contributed by atoms with Crippen LogP contribution in [0.15, 0.2) is 6.20 Å². The van der Waals surface area contributed by atoms with Crippen molar-refractivity contribution in [1.82, 2.24) is 10.3 Å². The Balaban J connectivity index is 1.78. The predicted molar refractivity (Wildman–Crippen MR) is 73.2 cm³/mol. The molecule has 1 aromatic rings. The first-order chi connectivity index (χ1) is 8.28. The van der Waals surface area contributed by atoms with Gasteiger partial charge in [0.15, 0.2) is 0 Å². The van der Waals surface area contributed by atoms with Crippen LogP contribution in [-0.2, 0) is 13.0 Å². The molecule has 17 heavy (non-hydrogen) atoms. The molecule has 2 rings (SSSR count). The van der Waals surface area contributed by atoms with E-state index in [4.69, 9.17) is 5.73 Å². The van der Waals surface area contributed by atoms with Crippen LogP contribution in [0.25, 0.3) is 0 Å². The Hall–Kier alpha value is -0.450. The van der Waals surface area contributed by atoms with Gasteiger partial charge in [0.1, 0.15) is 5.01 Å². The van der Waals surface area contributed by atoms with Crippen molar-refractivity contribution >= 4 is 11.3 Å². The number of nitrogens with two attached hydrogens (primary N) is 1. The van der Waals surface area contributed by atoms with E-state index in [1.165, 1.54) is 35.6 Å². The topological polar surface area (TPSA) is 50.9 Å². The molecule has 0 unspecified atom stereocenters. The Kier molecular flexibility index (Phi) is 4.54. The molecule has 1 fully saturated rings. The van der Waals surface area contributed by atoms with Gasteiger partial charge in [0.2, 0.25) is 0 Å². The second-order valence-corrected chi connectivity index (χ2v) is 6.29. The summed E-state index contributed by atoms with van der Waals surface area (Å²) < 4.78 is 0. The molecule has 0 radical (unpaired) electrons. The maximum absolute atomic E-state index is 5.92. The molecule has 0 spiro atoms. The Labute approximate surface area is 108 Å². The maximum Gasteiger partial charge on any atom is 0.107 e. The third-order valence-corrected chi connectivity index (χ3v) is 4.96. The van der Waals surface area contributed by atoms with Crippen molar-refractivity contribution in [2.75, 3.05) is 13.1 Å². The van der Waals surface area contributed by atoms with Crippen LogP contribution < -0.4 is 11.1 Å². The maximum atomic E-state index is 5.92. The van der Waals surface area contributed by atoms with E-state index >= 15 is 0 Å². The lowest BCUT2D eigenvalue weighted by Crippen LogP contribution is -2.38. The molecule has 0 aliphatic heterocycles. The molecule has 1 heterocycles. The summed E-state index contributed by atoms with van der Waals surface area (Å²) >= 11 is 1.82. The van der Waals surface area contributed by atoms with Gasteiger partial charge in [0.05, 0.1) is 0 Å². The summed E-state index contributed by atoms with van der Waals surface area (Å²) in [5.74, 6) is 0. The smallest absolute Gasteiger partial charge is 0.107 e. The van der Waals surface area contributed by atoms with Crippen LogP contribution in [0.2, 0.25) is 0 Å². The second-order valence-electron chi connectivity index (χ2n) is 5.09. The third kappa shape index (κ3) is 3.27. The Morgan fingerprint density at radius 1 is 1.47 bits per heavy atom. The van der Waals surface area contributed by atoms with Crippen LogP contribution in [0.1, 0.15) is 42.5 Å². The zero-order valence-electron chi connectivity index (χ0n) is 10.7. The van der Waals surface area contributed by atoms with Gasteiger partial charge in [-0.05, 0) is 31.2 Å². The highest BCUT2D eigenvalue weighted by Gasteiger charge is 2.31. The molecule has 0 saturated heterocycles. The molecule has 0 atom stereocenters. The first kappa shape index (κ1) is 13.0. The molecule has 1 saturated carbocycles. The lowest BCUT2D eigenvalue weighted by molar-refractivity contribution is 0.290. The number of hydrogen-bond donors (Lipinski definition) is 2. The zero-order valence-corrected chi connectivity index (χ0v) is 11.5.